The number of pyridine rings is 1. The van der Waals surface area contributed by atoms with Crippen molar-refractivity contribution in [2.75, 3.05) is 19.8 Å². The van der Waals surface area contributed by atoms with Gasteiger partial charge < -0.3 is 20.2 Å². The number of imidazole rings is 1. The molecule has 2 aromatic heterocycles. The van der Waals surface area contributed by atoms with E-state index in [2.05, 4.69) is 16.9 Å². The van der Waals surface area contributed by atoms with E-state index in [-0.39, 0.29) is 18.3 Å². The molecule has 1 fully saturated rings. The summed E-state index contributed by atoms with van der Waals surface area (Å²) in [6.07, 6.45) is 3.41. The van der Waals surface area contributed by atoms with Crippen molar-refractivity contribution in [1.29, 1.82) is 0 Å². The maximum Gasteiger partial charge on any atom is 0.241 e. The predicted molar refractivity (Wildman–Crippen MR) is 99.0 cm³/mol. The number of ether oxygens (including phenoxy) is 2. The molecule has 140 valence electrons. The fourth-order valence-corrected chi connectivity index (χ4v) is 3.09. The van der Waals surface area contributed by atoms with Crippen molar-refractivity contribution in [1.82, 2.24) is 15.0 Å². The van der Waals surface area contributed by atoms with E-state index in [4.69, 9.17) is 20.2 Å². The molecule has 1 aliphatic heterocycles. The van der Waals surface area contributed by atoms with Gasteiger partial charge in [0.25, 0.3) is 0 Å². The number of aromatic nitrogens is 3. The standard InChI is InChI=1S/C20H21FN4O2/c1-13-10-26-20(12-22,27-11-13)19-24-17(14-2-4-16(21)5-3-14)18(25-19)15-6-8-23-9-7-15/h2-9,13H,10-12,22H2,1H3,(H,24,25). The van der Waals surface area contributed by atoms with Crippen LogP contribution in [-0.2, 0) is 15.3 Å². The molecule has 0 bridgehead atoms. The SMILES string of the molecule is CC1COC(CN)(c2nc(-c3ccc(F)cc3)c(-c3ccncc3)[nH]2)OC1. The van der Waals surface area contributed by atoms with Crippen molar-refractivity contribution in [2.45, 2.75) is 12.7 Å². The highest BCUT2D eigenvalue weighted by atomic mass is 19.1. The topological polar surface area (TPSA) is 86.0 Å². The predicted octanol–water partition coefficient (Wildman–Crippen LogP) is 3.07. The summed E-state index contributed by atoms with van der Waals surface area (Å²) in [7, 11) is 0. The molecule has 0 atom stereocenters. The van der Waals surface area contributed by atoms with Crippen LogP contribution in [-0.4, -0.2) is 34.7 Å². The van der Waals surface area contributed by atoms with Gasteiger partial charge in [-0.05, 0) is 36.4 Å². The van der Waals surface area contributed by atoms with Crippen molar-refractivity contribution < 1.29 is 13.9 Å². The van der Waals surface area contributed by atoms with Gasteiger partial charge in [0.05, 0.1) is 31.1 Å². The molecule has 27 heavy (non-hydrogen) atoms. The Kier molecular flexibility index (Phi) is 4.73. The Morgan fingerprint density at radius 1 is 1.11 bits per heavy atom. The molecule has 4 rings (SSSR count). The molecule has 0 radical (unpaired) electrons. The Morgan fingerprint density at radius 3 is 2.41 bits per heavy atom. The number of aromatic amines is 1. The smallest absolute Gasteiger partial charge is 0.241 e. The quantitative estimate of drug-likeness (QED) is 0.739. The third-order valence-corrected chi connectivity index (χ3v) is 4.62. The van der Waals surface area contributed by atoms with Crippen molar-refractivity contribution in [3.8, 4) is 22.5 Å². The van der Waals surface area contributed by atoms with Crippen molar-refractivity contribution in [3.05, 3.63) is 60.4 Å². The summed E-state index contributed by atoms with van der Waals surface area (Å²) in [5, 5.41) is 0. The Bertz CT molecular complexity index is 903. The zero-order chi connectivity index (χ0) is 18.9. The zero-order valence-electron chi connectivity index (χ0n) is 15.0. The molecule has 0 amide bonds. The van der Waals surface area contributed by atoms with E-state index < -0.39 is 5.79 Å². The first-order chi connectivity index (χ1) is 13.1. The Hall–Kier alpha value is -2.61. The number of benzene rings is 1. The molecule has 1 aromatic carbocycles. The van der Waals surface area contributed by atoms with Gasteiger partial charge in [-0.2, -0.15) is 0 Å². The fourth-order valence-electron chi connectivity index (χ4n) is 3.09. The third-order valence-electron chi connectivity index (χ3n) is 4.62. The van der Waals surface area contributed by atoms with Gasteiger partial charge in [-0.25, -0.2) is 9.37 Å². The average Bonchev–Trinajstić information content (AvgIpc) is 3.16. The molecule has 0 unspecified atom stereocenters. The van der Waals surface area contributed by atoms with Gasteiger partial charge in [-0.15, -0.1) is 0 Å². The van der Waals surface area contributed by atoms with Crippen LogP contribution < -0.4 is 5.73 Å². The molecule has 7 heteroatoms. The number of nitrogens with two attached hydrogens (primary N) is 1. The summed E-state index contributed by atoms with van der Waals surface area (Å²) in [5.41, 5.74) is 9.14. The molecule has 3 heterocycles. The van der Waals surface area contributed by atoms with Crippen LogP contribution in [0.25, 0.3) is 22.5 Å². The lowest BCUT2D eigenvalue weighted by Gasteiger charge is -2.36. The van der Waals surface area contributed by atoms with Crippen LogP contribution >= 0.6 is 0 Å². The van der Waals surface area contributed by atoms with Gasteiger partial charge >= 0.3 is 0 Å². The van der Waals surface area contributed by atoms with Gasteiger partial charge in [-0.1, -0.05) is 6.92 Å². The summed E-state index contributed by atoms with van der Waals surface area (Å²) in [5.74, 6) is -0.628. The van der Waals surface area contributed by atoms with E-state index in [9.17, 15) is 4.39 Å². The van der Waals surface area contributed by atoms with Gasteiger partial charge in [0.1, 0.15) is 5.82 Å². The van der Waals surface area contributed by atoms with E-state index in [1.54, 1.807) is 24.5 Å². The molecule has 0 saturated carbocycles. The first-order valence-corrected chi connectivity index (χ1v) is 8.86. The molecule has 1 saturated heterocycles. The van der Waals surface area contributed by atoms with Crippen molar-refractivity contribution in [2.24, 2.45) is 11.7 Å². The fraction of sp³-hybridized carbons (Fsp3) is 0.300. The minimum atomic E-state index is -1.12. The second kappa shape index (κ2) is 7.19. The number of nitrogens with one attached hydrogen (secondary N) is 1. The minimum absolute atomic E-state index is 0.131. The molecular weight excluding hydrogens is 347 g/mol. The van der Waals surface area contributed by atoms with Crippen LogP contribution in [0.4, 0.5) is 4.39 Å². The largest absolute Gasteiger partial charge is 0.342 e. The lowest BCUT2D eigenvalue weighted by atomic mass is 10.1. The molecular formula is C20H21FN4O2. The van der Waals surface area contributed by atoms with E-state index in [1.165, 1.54) is 12.1 Å². The van der Waals surface area contributed by atoms with Crippen LogP contribution in [0.2, 0.25) is 0 Å². The highest BCUT2D eigenvalue weighted by molar-refractivity contribution is 5.78. The summed E-state index contributed by atoms with van der Waals surface area (Å²) in [6, 6.07) is 9.97. The highest BCUT2D eigenvalue weighted by Crippen LogP contribution is 2.36. The maximum absolute atomic E-state index is 13.4. The normalized spacial score (nSPS) is 22.7. The van der Waals surface area contributed by atoms with Crippen molar-refractivity contribution in [3.63, 3.8) is 0 Å². The second-order valence-electron chi connectivity index (χ2n) is 6.74. The number of H-pyrrole nitrogens is 1. The summed E-state index contributed by atoms with van der Waals surface area (Å²) < 4.78 is 25.3. The number of rotatable bonds is 4. The number of nitrogens with zero attached hydrogens (tertiary/aromatic N) is 2. The third kappa shape index (κ3) is 3.37. The van der Waals surface area contributed by atoms with Crippen LogP contribution in [0.5, 0.6) is 0 Å². The molecule has 3 aromatic rings. The van der Waals surface area contributed by atoms with E-state index in [0.717, 1.165) is 16.8 Å². The first kappa shape index (κ1) is 17.8. The Morgan fingerprint density at radius 2 is 1.78 bits per heavy atom. The van der Waals surface area contributed by atoms with Gasteiger partial charge in [-0.3, -0.25) is 4.98 Å². The Labute approximate surface area is 156 Å². The second-order valence-corrected chi connectivity index (χ2v) is 6.74. The highest BCUT2D eigenvalue weighted by Gasteiger charge is 2.41. The molecule has 6 nitrogen and oxygen atoms in total. The minimum Gasteiger partial charge on any atom is -0.342 e. The number of hydrogen-bond acceptors (Lipinski definition) is 5. The first-order valence-electron chi connectivity index (χ1n) is 8.86. The van der Waals surface area contributed by atoms with Crippen molar-refractivity contribution >= 4 is 0 Å². The lowest BCUT2D eigenvalue weighted by molar-refractivity contribution is -0.288. The van der Waals surface area contributed by atoms with Crippen LogP contribution in [0.15, 0.2) is 48.8 Å². The molecule has 3 N–H and O–H groups in total. The maximum atomic E-state index is 13.4. The number of hydrogen-bond donors (Lipinski definition) is 2. The van der Waals surface area contributed by atoms with Gasteiger partial charge in [0, 0.05) is 29.4 Å². The molecule has 0 aliphatic carbocycles. The van der Waals surface area contributed by atoms with Crippen LogP contribution in [0, 0.1) is 11.7 Å². The lowest BCUT2D eigenvalue weighted by Crippen LogP contribution is -2.47. The van der Waals surface area contributed by atoms with E-state index in [0.29, 0.717) is 24.7 Å². The molecule has 0 spiro atoms. The summed E-state index contributed by atoms with van der Waals surface area (Å²) >= 11 is 0. The van der Waals surface area contributed by atoms with Crippen LogP contribution in [0.3, 0.4) is 0 Å². The van der Waals surface area contributed by atoms with Crippen LogP contribution in [0.1, 0.15) is 12.7 Å². The summed E-state index contributed by atoms with van der Waals surface area (Å²) in [4.78, 5) is 12.1. The van der Waals surface area contributed by atoms with E-state index in [1.807, 2.05) is 12.1 Å². The van der Waals surface area contributed by atoms with Gasteiger partial charge in [0.2, 0.25) is 5.79 Å². The number of halogens is 1. The zero-order valence-corrected chi connectivity index (χ0v) is 15.0. The Balaban J connectivity index is 1.84. The summed E-state index contributed by atoms with van der Waals surface area (Å²) in [6.45, 7) is 3.25. The van der Waals surface area contributed by atoms with Gasteiger partial charge in [0.15, 0.2) is 5.82 Å². The molecule has 1 aliphatic rings. The monoisotopic (exact) mass is 368 g/mol. The van der Waals surface area contributed by atoms with E-state index >= 15 is 0 Å². The average molecular weight is 368 g/mol.